The van der Waals surface area contributed by atoms with Crippen LogP contribution in [0.5, 0.6) is 0 Å². The van der Waals surface area contributed by atoms with Gasteiger partial charge in [0, 0.05) is 30.5 Å². The lowest BCUT2D eigenvalue weighted by atomic mass is 9.92. The van der Waals surface area contributed by atoms with Crippen LogP contribution in [0.25, 0.3) is 0 Å². The summed E-state index contributed by atoms with van der Waals surface area (Å²) in [6, 6.07) is 3.55. The molecule has 1 fully saturated rings. The summed E-state index contributed by atoms with van der Waals surface area (Å²) in [5, 5.41) is 8.18. The van der Waals surface area contributed by atoms with E-state index in [1.54, 1.807) is 10.7 Å². The second-order valence-corrected chi connectivity index (χ2v) is 7.26. The van der Waals surface area contributed by atoms with E-state index in [2.05, 4.69) is 40.9 Å². The standard InChI is InChI=1S/C16H23N5O2/c1-11(15-17-10-18-23-15)20-7-12(8-20)9-21-14(22)6-5-13(19-21)16(2,3)4/h5-6,10-12H,7-9H2,1-4H3. The highest BCUT2D eigenvalue weighted by molar-refractivity contribution is 5.10. The third-order valence-electron chi connectivity index (χ3n) is 4.34. The molecule has 2 aromatic heterocycles. The molecule has 7 nitrogen and oxygen atoms in total. The van der Waals surface area contributed by atoms with Gasteiger partial charge in [-0.3, -0.25) is 9.69 Å². The highest BCUT2D eigenvalue weighted by Crippen LogP contribution is 2.27. The van der Waals surface area contributed by atoms with E-state index in [0.717, 1.165) is 18.8 Å². The summed E-state index contributed by atoms with van der Waals surface area (Å²) in [6.45, 7) is 10.8. The van der Waals surface area contributed by atoms with E-state index in [0.29, 0.717) is 18.4 Å². The van der Waals surface area contributed by atoms with Crippen molar-refractivity contribution in [2.24, 2.45) is 5.92 Å². The minimum absolute atomic E-state index is 0.0404. The zero-order valence-corrected chi connectivity index (χ0v) is 14.1. The largest absolute Gasteiger partial charge is 0.338 e. The van der Waals surface area contributed by atoms with Gasteiger partial charge in [-0.25, -0.2) is 4.68 Å². The molecular weight excluding hydrogens is 294 g/mol. The molecule has 0 radical (unpaired) electrons. The van der Waals surface area contributed by atoms with Crippen molar-refractivity contribution in [2.75, 3.05) is 13.1 Å². The maximum Gasteiger partial charge on any atom is 0.266 e. The summed E-state index contributed by atoms with van der Waals surface area (Å²) in [4.78, 5) is 18.4. The third-order valence-corrected chi connectivity index (χ3v) is 4.34. The average molecular weight is 317 g/mol. The molecule has 1 saturated heterocycles. The zero-order valence-electron chi connectivity index (χ0n) is 14.1. The van der Waals surface area contributed by atoms with E-state index in [1.807, 2.05) is 13.0 Å². The fourth-order valence-electron chi connectivity index (χ4n) is 2.79. The van der Waals surface area contributed by atoms with Crippen molar-refractivity contribution in [3.63, 3.8) is 0 Å². The minimum atomic E-state index is -0.0619. The summed E-state index contributed by atoms with van der Waals surface area (Å²) in [6.07, 6.45) is 1.42. The lowest BCUT2D eigenvalue weighted by molar-refractivity contribution is 0.0338. The number of likely N-dealkylation sites (tertiary alicyclic amines) is 1. The third kappa shape index (κ3) is 3.34. The van der Waals surface area contributed by atoms with Crippen molar-refractivity contribution < 1.29 is 4.52 Å². The SMILES string of the molecule is CC(c1ncno1)N1CC(Cn2nc(C(C)(C)C)ccc2=O)C1. The highest BCUT2D eigenvalue weighted by Gasteiger charge is 2.33. The normalized spacial score (nSPS) is 17.9. The van der Waals surface area contributed by atoms with Gasteiger partial charge in [0.15, 0.2) is 6.33 Å². The van der Waals surface area contributed by atoms with E-state index in [4.69, 9.17) is 4.52 Å². The first kappa shape index (κ1) is 15.9. The summed E-state index contributed by atoms with van der Waals surface area (Å²) in [5.41, 5.74) is 0.835. The Morgan fingerprint density at radius 3 is 2.70 bits per heavy atom. The van der Waals surface area contributed by atoms with Crippen LogP contribution < -0.4 is 5.56 Å². The van der Waals surface area contributed by atoms with Gasteiger partial charge in [0.1, 0.15) is 0 Å². The Kier molecular flexibility index (Phi) is 4.06. The number of rotatable bonds is 4. The molecule has 0 aromatic carbocycles. The van der Waals surface area contributed by atoms with Crippen LogP contribution in [0.1, 0.15) is 45.3 Å². The minimum Gasteiger partial charge on any atom is -0.338 e. The predicted molar refractivity (Wildman–Crippen MR) is 85.0 cm³/mol. The molecule has 3 rings (SSSR count). The second-order valence-electron chi connectivity index (χ2n) is 7.26. The van der Waals surface area contributed by atoms with Crippen LogP contribution in [0.4, 0.5) is 0 Å². The monoisotopic (exact) mass is 317 g/mol. The molecule has 0 aliphatic carbocycles. The first-order valence-corrected chi connectivity index (χ1v) is 7.94. The van der Waals surface area contributed by atoms with Gasteiger partial charge in [-0.05, 0) is 13.0 Å². The van der Waals surface area contributed by atoms with Crippen molar-refractivity contribution in [2.45, 2.75) is 45.7 Å². The molecule has 2 aromatic rings. The topological polar surface area (TPSA) is 77.1 Å². The van der Waals surface area contributed by atoms with Crippen LogP contribution in [0.3, 0.4) is 0 Å². The molecule has 1 unspecified atom stereocenters. The van der Waals surface area contributed by atoms with Crippen LogP contribution in [0.2, 0.25) is 0 Å². The maximum absolute atomic E-state index is 12.0. The van der Waals surface area contributed by atoms with E-state index in [-0.39, 0.29) is 17.0 Å². The predicted octanol–water partition coefficient (Wildman–Crippen LogP) is 1.62. The second kappa shape index (κ2) is 5.88. The quantitative estimate of drug-likeness (QED) is 0.853. The molecular formula is C16H23N5O2. The van der Waals surface area contributed by atoms with Crippen LogP contribution in [0, 0.1) is 5.92 Å². The van der Waals surface area contributed by atoms with E-state index < -0.39 is 0 Å². The van der Waals surface area contributed by atoms with E-state index in [1.165, 1.54) is 6.33 Å². The zero-order chi connectivity index (χ0) is 16.6. The summed E-state index contributed by atoms with van der Waals surface area (Å²) >= 11 is 0. The summed E-state index contributed by atoms with van der Waals surface area (Å²) < 4.78 is 6.70. The van der Waals surface area contributed by atoms with Crippen LogP contribution in [-0.2, 0) is 12.0 Å². The molecule has 1 aliphatic heterocycles. The van der Waals surface area contributed by atoms with E-state index in [9.17, 15) is 4.79 Å². The first-order chi connectivity index (χ1) is 10.8. The molecule has 1 atom stereocenters. The molecule has 1 aliphatic rings. The number of hydrogen-bond acceptors (Lipinski definition) is 6. The van der Waals surface area contributed by atoms with Crippen molar-refractivity contribution in [1.29, 1.82) is 0 Å². The molecule has 0 spiro atoms. The van der Waals surface area contributed by atoms with Crippen molar-refractivity contribution >= 4 is 0 Å². The van der Waals surface area contributed by atoms with Crippen molar-refractivity contribution in [3.05, 3.63) is 40.4 Å². The smallest absolute Gasteiger partial charge is 0.266 e. The van der Waals surface area contributed by atoms with Crippen molar-refractivity contribution in [3.8, 4) is 0 Å². The van der Waals surface area contributed by atoms with Gasteiger partial charge in [0.2, 0.25) is 5.89 Å². The molecule has 23 heavy (non-hydrogen) atoms. The van der Waals surface area contributed by atoms with Crippen LogP contribution in [-0.4, -0.2) is 37.9 Å². The first-order valence-electron chi connectivity index (χ1n) is 7.94. The van der Waals surface area contributed by atoms with Gasteiger partial charge in [0.05, 0.1) is 18.3 Å². The Balaban J connectivity index is 1.63. The molecule has 3 heterocycles. The molecule has 0 bridgehead atoms. The van der Waals surface area contributed by atoms with E-state index >= 15 is 0 Å². The fourth-order valence-corrected chi connectivity index (χ4v) is 2.79. The van der Waals surface area contributed by atoms with Gasteiger partial charge < -0.3 is 4.52 Å². The number of hydrogen-bond donors (Lipinski definition) is 0. The number of aromatic nitrogens is 4. The van der Waals surface area contributed by atoms with Gasteiger partial charge in [-0.2, -0.15) is 10.1 Å². The molecule has 124 valence electrons. The van der Waals surface area contributed by atoms with Gasteiger partial charge in [-0.1, -0.05) is 25.9 Å². The van der Waals surface area contributed by atoms with Crippen LogP contribution >= 0.6 is 0 Å². The number of nitrogens with zero attached hydrogens (tertiary/aromatic N) is 5. The lowest BCUT2D eigenvalue weighted by Gasteiger charge is -2.41. The summed E-state index contributed by atoms with van der Waals surface area (Å²) in [5.74, 6) is 1.05. The highest BCUT2D eigenvalue weighted by atomic mass is 16.5. The molecule has 7 heteroatoms. The Morgan fingerprint density at radius 2 is 2.09 bits per heavy atom. The lowest BCUT2D eigenvalue weighted by Crippen LogP contribution is -2.50. The van der Waals surface area contributed by atoms with Crippen molar-refractivity contribution in [1.82, 2.24) is 24.8 Å². The van der Waals surface area contributed by atoms with Gasteiger partial charge in [-0.15, -0.1) is 0 Å². The Labute approximate surface area is 135 Å². The molecule has 0 N–H and O–H groups in total. The van der Waals surface area contributed by atoms with Crippen LogP contribution in [0.15, 0.2) is 27.8 Å². The Morgan fingerprint density at radius 1 is 1.35 bits per heavy atom. The van der Waals surface area contributed by atoms with Gasteiger partial charge >= 0.3 is 0 Å². The average Bonchev–Trinajstić information content (AvgIpc) is 2.96. The molecule has 0 amide bonds. The van der Waals surface area contributed by atoms with Gasteiger partial charge in [0.25, 0.3) is 5.56 Å². The summed E-state index contributed by atoms with van der Waals surface area (Å²) in [7, 11) is 0. The Hall–Kier alpha value is -2.02. The fraction of sp³-hybridized carbons (Fsp3) is 0.625. The molecule has 0 saturated carbocycles. The Bertz CT molecular complexity index is 711. The maximum atomic E-state index is 12.0.